The largest absolute Gasteiger partial charge is 0.354 e. The highest BCUT2D eigenvalue weighted by atomic mass is 35.5. The molecule has 2 fully saturated rings. The molecule has 12 aromatic heterocycles. The first-order valence-corrected chi connectivity index (χ1v) is 51.9. The van der Waals surface area contributed by atoms with Gasteiger partial charge in [-0.25, -0.2) is 63.3 Å². The molecular formula is C98H84Cl2N30O12S6. The molecule has 20 heterocycles. The van der Waals surface area contributed by atoms with Crippen molar-refractivity contribution in [1.29, 1.82) is 0 Å². The molecule has 0 aliphatic carbocycles. The Hall–Kier alpha value is -16.6. The summed E-state index contributed by atoms with van der Waals surface area (Å²) < 4.78 is 96.5. The Morgan fingerprint density at radius 3 is 0.851 bits per heavy atom. The number of pyridine rings is 4. The van der Waals surface area contributed by atoms with Gasteiger partial charge in [-0.2, -0.15) is 40.8 Å². The summed E-state index contributed by atoms with van der Waals surface area (Å²) in [6.07, 6.45) is 36.2. The van der Waals surface area contributed by atoms with E-state index < -0.39 is 65.9 Å². The maximum Gasteiger partial charge on any atom is 0.258 e. The molecule has 0 saturated carbocycles. The fourth-order valence-electron chi connectivity index (χ4n) is 17.0. The van der Waals surface area contributed by atoms with Crippen LogP contribution in [-0.4, -0.2) is 236 Å². The van der Waals surface area contributed by atoms with Gasteiger partial charge in [-0.05, 0) is 180 Å². The number of rotatable bonds is 14. The summed E-state index contributed by atoms with van der Waals surface area (Å²) >= 11 is 0. The average molecular weight is 2140 g/mol. The van der Waals surface area contributed by atoms with Gasteiger partial charge in [-0.1, -0.05) is 42.5 Å². The van der Waals surface area contributed by atoms with Crippen LogP contribution >= 0.6 is 24.8 Å². The summed E-state index contributed by atoms with van der Waals surface area (Å²) in [5, 5.41) is 44.0. The van der Waals surface area contributed by atoms with E-state index in [9.17, 15) is 54.0 Å². The molecule has 26 rings (SSSR count). The summed E-state index contributed by atoms with van der Waals surface area (Å²) in [5.41, 5.74) is 18.3. The SMILES string of the molecule is CN1CCN(c2cc(-c3ccc4c(cnn4C4=CC(=O)NS4=O)c3)ccn2)CC1.CN1CCN(c2cc(-c3ccc4c(cnn4C4=CC(=O)NS4=O)c3)ccn2)CC1.Cc1cncc(-c2ccc3c(cnn3C3=CC(=O)NS3=O)c2)c1.Cl.Cl.Cn1cc(-c2ccc3c(cnn3C3=CC(=O)NS3=O)c2)cn1.O=C1C=C(n2ncc3cc(-c4cccnc4)ccc32)S(=O)N1.O=C1C=C(n2ncc3cc(-c4cn[nH]c4)ccc32)S(=O)N1. The standard InChI is InChI=1S/2C20H20N6O2S.C16H12N4O2S.C15H10N4O2S.C14H11N5O2S.C13H9N5O2S.2ClH/c2*1-24-6-8-25(9-7-24)18-11-15(4-5-21-18)14-2-3-17-16(10-14)13-22-26(17)20-12-19(27)23-29(20)28;1-10-4-12(8-17-7-10)11-2-3-14-13(5-11)9-18-20(14)16-6-15(21)19-23(16)22;20-14-7-15(22(21)18-14)19-13-4-3-10(6-12(13)9-17-19)11-2-1-5-16-8-11;1-18-8-11(7-15-18)9-2-3-12-10(4-9)6-16-19(12)14-5-13(20)17-22(14)21;19-12-4-13(21(20)17-12)18-11-2-1-8(3-9(11)7-16-18)10-5-14-15-6-10;;/h2*2-5,10-13H,6-9H2,1H3,(H,23,27);2-9H,1H3,(H,19,21);1-9H,(H,18,20);2-8H,1H3,(H,17,20);1-7H,(H,14,15)(H,17,19);2*1H. The molecule has 6 aromatic carbocycles. The predicted octanol–water partition coefficient (Wildman–Crippen LogP) is 9.46. The van der Waals surface area contributed by atoms with E-state index in [0.29, 0.717) is 30.2 Å². The van der Waals surface area contributed by atoms with E-state index in [1.807, 2.05) is 172 Å². The Morgan fingerprint density at radius 2 is 0.574 bits per heavy atom. The highest BCUT2D eigenvalue weighted by Gasteiger charge is 2.31. The van der Waals surface area contributed by atoms with Crippen molar-refractivity contribution in [2.75, 3.05) is 76.3 Å². The molecule has 2 saturated heterocycles. The molecule has 42 nitrogen and oxygen atoms in total. The van der Waals surface area contributed by atoms with Crippen LogP contribution in [0.5, 0.6) is 0 Å². The second kappa shape index (κ2) is 43.0. The van der Waals surface area contributed by atoms with Gasteiger partial charge in [0.1, 0.15) is 11.6 Å². The lowest BCUT2D eigenvalue weighted by molar-refractivity contribution is -0.115. The number of carbonyl (C=O) groups is 6. The van der Waals surface area contributed by atoms with Crippen molar-refractivity contribution in [3.8, 4) is 66.8 Å². The lowest BCUT2D eigenvalue weighted by Gasteiger charge is -2.33. The van der Waals surface area contributed by atoms with Crippen molar-refractivity contribution in [2.45, 2.75) is 6.92 Å². The molecule has 748 valence electrons. The number of piperazine rings is 2. The Morgan fingerprint density at radius 1 is 0.277 bits per heavy atom. The van der Waals surface area contributed by atoms with Crippen LogP contribution in [0.25, 0.3) is 162 Å². The van der Waals surface area contributed by atoms with Gasteiger partial charge in [0.05, 0.1) is 82.7 Å². The Balaban J connectivity index is 0.000000112. The number of aromatic nitrogens is 20. The van der Waals surface area contributed by atoms with Crippen molar-refractivity contribution in [1.82, 2.24) is 137 Å². The minimum Gasteiger partial charge on any atom is -0.354 e. The van der Waals surface area contributed by atoms with Crippen molar-refractivity contribution in [3.63, 3.8) is 0 Å². The molecular weight excluding hydrogens is 2050 g/mol. The minimum atomic E-state index is -1.58. The smallest absolute Gasteiger partial charge is 0.258 e. The monoisotopic (exact) mass is 2130 g/mol. The average Bonchev–Trinajstić information content (AvgIpc) is 1.66. The molecule has 8 aliphatic rings. The number of hydrogen-bond donors (Lipinski definition) is 7. The van der Waals surface area contributed by atoms with Gasteiger partial charge >= 0.3 is 0 Å². The number of nitrogens with zero attached hydrogens (tertiary/aromatic N) is 23. The first-order chi connectivity index (χ1) is 70.8. The zero-order valence-electron chi connectivity index (χ0n) is 78.2. The lowest BCUT2D eigenvalue weighted by atomic mass is 10.0. The molecule has 6 amide bonds. The van der Waals surface area contributed by atoms with Crippen LogP contribution in [-0.2, 0) is 102 Å². The second-order valence-corrected chi connectivity index (χ2v) is 41.0. The third kappa shape index (κ3) is 21.2. The van der Waals surface area contributed by atoms with Crippen LogP contribution in [0, 0.1) is 6.92 Å². The molecule has 8 aliphatic heterocycles. The van der Waals surface area contributed by atoms with Crippen molar-refractivity contribution in [3.05, 3.63) is 293 Å². The van der Waals surface area contributed by atoms with Crippen LogP contribution < -0.4 is 38.1 Å². The third-order valence-corrected chi connectivity index (χ3v) is 30.7. The van der Waals surface area contributed by atoms with E-state index in [1.165, 1.54) is 55.2 Å². The zero-order valence-corrected chi connectivity index (χ0v) is 84.8. The normalized spacial score (nSPS) is 18.4. The van der Waals surface area contributed by atoms with Crippen LogP contribution in [0.1, 0.15) is 5.56 Å². The number of hydrogen-bond acceptors (Lipinski definition) is 28. The second-order valence-electron chi connectivity index (χ2n) is 34.1. The molecule has 0 radical (unpaired) electrons. The molecule has 18 aromatic rings. The highest BCUT2D eigenvalue weighted by Crippen LogP contribution is 2.37. The van der Waals surface area contributed by atoms with Gasteiger partial charge in [0, 0.05) is 200 Å². The van der Waals surface area contributed by atoms with Gasteiger partial charge < -0.3 is 19.6 Å². The predicted molar refractivity (Wildman–Crippen MR) is 573 cm³/mol. The van der Waals surface area contributed by atoms with Gasteiger partial charge in [-0.15, -0.1) is 24.8 Å². The van der Waals surface area contributed by atoms with E-state index in [4.69, 9.17) is 0 Å². The Kier molecular flexibility index (Phi) is 29.1. The quantitative estimate of drug-likeness (QED) is 0.0532. The summed E-state index contributed by atoms with van der Waals surface area (Å²) in [7, 11) is -3.28. The number of aromatic amines is 1. The number of aryl methyl sites for hydroxylation is 2. The topological polar surface area (TPSA) is 495 Å². The maximum atomic E-state index is 12.1. The molecule has 148 heavy (non-hydrogen) atoms. The van der Waals surface area contributed by atoms with Crippen molar-refractivity contribution < 1.29 is 54.0 Å². The molecule has 7 N–H and O–H groups in total. The fraction of sp³-hybridized carbons (Fsp3) is 0.122. The molecule has 0 bridgehead atoms. The van der Waals surface area contributed by atoms with Crippen LogP contribution in [0.2, 0.25) is 0 Å². The molecule has 6 atom stereocenters. The number of halogens is 2. The zero-order chi connectivity index (χ0) is 101. The number of carbonyl (C=O) groups excluding carboxylic acids is 6. The number of likely N-dealkylation sites (N-methyl/N-ethyl adjacent to an activating group) is 2. The number of nitrogens with one attached hydrogen (secondary N) is 7. The van der Waals surface area contributed by atoms with Crippen molar-refractivity contribution in [2.24, 2.45) is 7.05 Å². The maximum absolute atomic E-state index is 12.1. The molecule has 50 heteroatoms. The highest BCUT2D eigenvalue weighted by molar-refractivity contribution is 7.95. The van der Waals surface area contributed by atoms with Gasteiger partial charge in [-0.3, -0.25) is 76.8 Å². The Labute approximate surface area is 867 Å². The van der Waals surface area contributed by atoms with Crippen LogP contribution in [0.15, 0.2) is 287 Å². The summed E-state index contributed by atoms with van der Waals surface area (Å²) in [5.74, 6) is -0.247. The summed E-state index contributed by atoms with van der Waals surface area (Å²) in [4.78, 5) is 94.9. The number of anilines is 2. The summed E-state index contributed by atoms with van der Waals surface area (Å²) in [6, 6.07) is 49.5. The molecule has 0 spiro atoms. The fourth-order valence-corrected chi connectivity index (χ4v) is 22.2. The first kappa shape index (κ1) is 100. The third-order valence-electron chi connectivity index (χ3n) is 24.4. The Bertz CT molecular complexity index is 8570. The number of amides is 6. The van der Waals surface area contributed by atoms with E-state index in [0.717, 1.165) is 202 Å². The van der Waals surface area contributed by atoms with Crippen LogP contribution in [0.3, 0.4) is 0 Å². The van der Waals surface area contributed by atoms with E-state index in [1.54, 1.807) is 76.0 Å². The molecule has 6 unspecified atom stereocenters. The van der Waals surface area contributed by atoms with Gasteiger partial charge in [0.2, 0.25) is 0 Å². The van der Waals surface area contributed by atoms with E-state index in [-0.39, 0.29) is 60.3 Å². The van der Waals surface area contributed by atoms with Crippen molar-refractivity contribution >= 4 is 233 Å². The number of benzene rings is 6. The van der Waals surface area contributed by atoms with Gasteiger partial charge in [0.25, 0.3) is 35.4 Å². The lowest BCUT2D eigenvalue weighted by Crippen LogP contribution is -2.44. The van der Waals surface area contributed by atoms with Crippen LogP contribution in [0.4, 0.5) is 11.6 Å². The first-order valence-electron chi connectivity index (χ1n) is 45.0. The van der Waals surface area contributed by atoms with E-state index >= 15 is 0 Å². The van der Waals surface area contributed by atoms with Gasteiger partial charge in [0.15, 0.2) is 96.1 Å². The summed E-state index contributed by atoms with van der Waals surface area (Å²) in [6.45, 7) is 10.0. The minimum absolute atomic E-state index is 0. The van der Waals surface area contributed by atoms with E-state index in [2.05, 4.69) is 158 Å². The number of fused-ring (bicyclic) bond motifs is 6. The number of H-pyrrole nitrogens is 1.